The topological polar surface area (TPSA) is 69.9 Å². The number of nitrogens with zero attached hydrogens (tertiary/aromatic N) is 2. The Balaban J connectivity index is 1.95. The van der Waals surface area contributed by atoms with Gasteiger partial charge in [0.15, 0.2) is 21.4 Å². The second kappa shape index (κ2) is 6.97. The highest BCUT2D eigenvalue weighted by Gasteiger charge is 2.34. The minimum Gasteiger partial charge on any atom is -0.495 e. The van der Waals surface area contributed by atoms with E-state index >= 15 is 0 Å². The van der Waals surface area contributed by atoms with Crippen LogP contribution >= 0.6 is 0 Å². The number of hydrogen-bond acceptors (Lipinski definition) is 5. The summed E-state index contributed by atoms with van der Waals surface area (Å²) in [6, 6.07) is 4.89. The van der Waals surface area contributed by atoms with Crippen LogP contribution in [-0.4, -0.2) is 36.8 Å². The van der Waals surface area contributed by atoms with Gasteiger partial charge < -0.3 is 9.47 Å². The lowest BCUT2D eigenvalue weighted by molar-refractivity contribution is 0.381. The molecular formula is C22H25FN2O4S. The van der Waals surface area contributed by atoms with Crippen LogP contribution in [0.4, 0.5) is 4.39 Å². The van der Waals surface area contributed by atoms with Crippen LogP contribution in [0, 0.1) is 5.82 Å². The predicted molar refractivity (Wildman–Crippen MR) is 113 cm³/mol. The maximum absolute atomic E-state index is 14.8. The average Bonchev–Trinajstić information content (AvgIpc) is 3.44. The van der Waals surface area contributed by atoms with Crippen molar-refractivity contribution in [1.29, 1.82) is 0 Å². The quantitative estimate of drug-likeness (QED) is 0.589. The van der Waals surface area contributed by atoms with E-state index in [1.54, 1.807) is 37.4 Å². The summed E-state index contributed by atoms with van der Waals surface area (Å²) in [5, 5.41) is 0. The molecule has 0 atom stereocenters. The van der Waals surface area contributed by atoms with E-state index in [0.717, 1.165) is 18.4 Å². The summed E-state index contributed by atoms with van der Waals surface area (Å²) < 4.78 is 52.3. The minimum absolute atomic E-state index is 0.0700. The first-order chi connectivity index (χ1) is 14.1. The van der Waals surface area contributed by atoms with Crippen molar-refractivity contribution < 1.29 is 22.3 Å². The Morgan fingerprint density at radius 3 is 2.40 bits per heavy atom. The molecule has 0 aliphatic heterocycles. The number of pyridine rings is 1. The average molecular weight is 433 g/mol. The van der Waals surface area contributed by atoms with E-state index < -0.39 is 20.4 Å². The largest absolute Gasteiger partial charge is 0.495 e. The molecule has 160 valence electrons. The molecule has 0 amide bonds. The molecule has 1 aliphatic carbocycles. The van der Waals surface area contributed by atoms with Crippen molar-refractivity contribution >= 4 is 15.5 Å². The van der Waals surface area contributed by atoms with Gasteiger partial charge >= 0.3 is 0 Å². The Morgan fingerprint density at radius 1 is 1.13 bits per heavy atom. The van der Waals surface area contributed by atoms with Crippen LogP contribution in [0.3, 0.4) is 0 Å². The fraction of sp³-hybridized carbons (Fsp3) is 0.409. The molecule has 0 unspecified atom stereocenters. The normalized spacial score (nSPS) is 14.9. The summed E-state index contributed by atoms with van der Waals surface area (Å²) in [6.45, 7) is 4.92. The molecule has 6 nitrogen and oxygen atoms in total. The highest BCUT2D eigenvalue weighted by Crippen LogP contribution is 2.46. The van der Waals surface area contributed by atoms with Crippen molar-refractivity contribution in [2.75, 3.05) is 14.2 Å². The Hall–Kier alpha value is -2.61. The molecule has 2 aromatic heterocycles. The van der Waals surface area contributed by atoms with Gasteiger partial charge in [-0.15, -0.1) is 0 Å². The van der Waals surface area contributed by atoms with Crippen molar-refractivity contribution in [1.82, 2.24) is 9.38 Å². The number of halogens is 1. The second-order valence-corrected chi connectivity index (χ2v) is 11.2. The van der Waals surface area contributed by atoms with E-state index in [9.17, 15) is 12.8 Å². The number of ether oxygens (including phenoxy) is 2. The third-order valence-electron chi connectivity index (χ3n) is 5.48. The fourth-order valence-corrected chi connectivity index (χ4v) is 4.88. The molecule has 30 heavy (non-hydrogen) atoms. The van der Waals surface area contributed by atoms with Gasteiger partial charge in [-0.3, -0.25) is 4.40 Å². The summed E-state index contributed by atoms with van der Waals surface area (Å²) in [7, 11) is -0.791. The summed E-state index contributed by atoms with van der Waals surface area (Å²) >= 11 is 0. The highest BCUT2D eigenvalue weighted by atomic mass is 32.2. The number of hydrogen-bond donors (Lipinski definition) is 0. The molecule has 0 spiro atoms. The molecule has 0 bridgehead atoms. The van der Waals surface area contributed by atoms with Crippen molar-refractivity contribution in [3.63, 3.8) is 0 Å². The van der Waals surface area contributed by atoms with Crippen LogP contribution in [0.1, 0.15) is 45.1 Å². The summed E-state index contributed by atoms with van der Waals surface area (Å²) in [5.41, 5.74) is 2.56. The zero-order valence-electron chi connectivity index (χ0n) is 17.7. The minimum atomic E-state index is -3.69. The van der Waals surface area contributed by atoms with Crippen molar-refractivity contribution in [3.8, 4) is 22.8 Å². The first-order valence-electron chi connectivity index (χ1n) is 9.76. The zero-order valence-corrected chi connectivity index (χ0v) is 18.5. The van der Waals surface area contributed by atoms with E-state index in [2.05, 4.69) is 4.98 Å². The van der Waals surface area contributed by atoms with Gasteiger partial charge in [0, 0.05) is 23.4 Å². The maximum Gasteiger partial charge on any atom is 0.188 e. The molecule has 3 aromatic rings. The number of sulfone groups is 1. The van der Waals surface area contributed by atoms with E-state index in [4.69, 9.17) is 9.47 Å². The summed E-state index contributed by atoms with van der Waals surface area (Å²) in [6.07, 6.45) is 5.12. The van der Waals surface area contributed by atoms with E-state index in [1.165, 1.54) is 26.5 Å². The van der Waals surface area contributed by atoms with Gasteiger partial charge in [-0.05, 0) is 51.7 Å². The van der Waals surface area contributed by atoms with Gasteiger partial charge in [-0.2, -0.15) is 0 Å². The molecule has 0 N–H and O–H groups in total. The van der Waals surface area contributed by atoms with Gasteiger partial charge in [-0.25, -0.2) is 17.8 Å². The first kappa shape index (κ1) is 20.7. The van der Waals surface area contributed by atoms with Crippen LogP contribution in [0.25, 0.3) is 16.9 Å². The van der Waals surface area contributed by atoms with E-state index in [1.807, 2.05) is 6.07 Å². The second-order valence-electron chi connectivity index (χ2n) is 8.55. The Morgan fingerprint density at radius 2 is 1.83 bits per heavy atom. The van der Waals surface area contributed by atoms with Crippen LogP contribution in [-0.2, 0) is 9.84 Å². The number of imidazole rings is 1. The van der Waals surface area contributed by atoms with Crippen LogP contribution in [0.2, 0.25) is 0 Å². The predicted octanol–water partition coefficient (Wildman–Crippen LogP) is 4.61. The summed E-state index contributed by atoms with van der Waals surface area (Å²) in [5.74, 6) is 0.343. The van der Waals surface area contributed by atoms with E-state index in [-0.39, 0.29) is 22.3 Å². The zero-order chi connectivity index (χ0) is 21.8. The molecule has 0 radical (unpaired) electrons. The van der Waals surface area contributed by atoms with E-state index in [0.29, 0.717) is 16.9 Å². The Labute approximate surface area is 175 Å². The fourth-order valence-electron chi connectivity index (χ4n) is 3.57. The number of rotatable bonds is 5. The third kappa shape index (κ3) is 3.23. The van der Waals surface area contributed by atoms with Crippen LogP contribution in [0.5, 0.6) is 11.5 Å². The first-order valence-corrected chi connectivity index (χ1v) is 11.2. The monoisotopic (exact) mass is 432 g/mol. The molecule has 1 fully saturated rings. The Bertz CT molecular complexity index is 1240. The van der Waals surface area contributed by atoms with Gasteiger partial charge in [0.25, 0.3) is 0 Å². The number of methoxy groups -OCH3 is 2. The van der Waals surface area contributed by atoms with Gasteiger partial charge in [0.2, 0.25) is 0 Å². The SMILES string of the molecule is COc1cc2ncc(-c3cc(F)c(OC)c(C4CC4)c3)n2cc1S(=O)(=O)C(C)(C)C. The smallest absolute Gasteiger partial charge is 0.188 e. The molecule has 2 heterocycles. The lowest BCUT2D eigenvalue weighted by atomic mass is 10.0. The van der Waals surface area contributed by atoms with Crippen molar-refractivity contribution in [2.45, 2.75) is 49.2 Å². The molecule has 1 aliphatic rings. The van der Waals surface area contributed by atoms with Crippen LogP contribution < -0.4 is 9.47 Å². The molecular weight excluding hydrogens is 407 g/mol. The highest BCUT2D eigenvalue weighted by molar-refractivity contribution is 7.92. The van der Waals surface area contributed by atoms with Crippen LogP contribution in [0.15, 0.2) is 35.5 Å². The Kier molecular flexibility index (Phi) is 4.80. The van der Waals surface area contributed by atoms with Crippen molar-refractivity contribution in [2.24, 2.45) is 0 Å². The van der Waals surface area contributed by atoms with Gasteiger partial charge in [-0.1, -0.05) is 0 Å². The molecule has 4 rings (SSSR count). The standard InChI is InChI=1S/C22H25FN2O4S/c1-22(2,3)30(26,27)19-12-25-17(11-24-20(25)10-18(19)28-4)14-8-15(13-6-7-13)21(29-5)16(23)9-14/h8-13H,6-7H2,1-5H3. The lowest BCUT2D eigenvalue weighted by Gasteiger charge is -2.21. The molecule has 1 aromatic carbocycles. The molecule has 1 saturated carbocycles. The van der Waals surface area contributed by atoms with Gasteiger partial charge in [0.1, 0.15) is 16.3 Å². The number of benzene rings is 1. The number of fused-ring (bicyclic) bond motifs is 1. The van der Waals surface area contributed by atoms with Gasteiger partial charge in [0.05, 0.1) is 30.9 Å². The molecule has 8 heteroatoms. The number of aromatic nitrogens is 2. The lowest BCUT2D eigenvalue weighted by Crippen LogP contribution is -2.28. The summed E-state index contributed by atoms with van der Waals surface area (Å²) in [4.78, 5) is 4.46. The third-order valence-corrected chi connectivity index (χ3v) is 7.98. The van der Waals surface area contributed by atoms with Crippen molar-refractivity contribution in [3.05, 3.63) is 42.0 Å². The molecule has 0 saturated heterocycles. The maximum atomic E-state index is 14.8.